The van der Waals surface area contributed by atoms with Crippen molar-refractivity contribution < 1.29 is 9.53 Å². The van der Waals surface area contributed by atoms with E-state index < -0.39 is 0 Å². The number of fused-ring (bicyclic) bond motifs is 1. The second-order valence-electron chi connectivity index (χ2n) is 11.4. The number of nitrogens with one attached hydrogen (secondary N) is 1. The largest absolute Gasteiger partial charge is 0.488 e. The number of carbonyl (C=O) groups excluding carboxylic acids is 1. The summed E-state index contributed by atoms with van der Waals surface area (Å²) < 4.78 is 6.12. The Morgan fingerprint density at radius 2 is 1.69 bits per heavy atom. The predicted octanol–water partition coefficient (Wildman–Crippen LogP) is 11.1. The number of anilines is 1. The zero-order valence-corrected chi connectivity index (χ0v) is 27.3. The van der Waals surface area contributed by atoms with Crippen molar-refractivity contribution in [1.29, 1.82) is 0 Å². The number of thiophene rings is 1. The van der Waals surface area contributed by atoms with E-state index in [0.29, 0.717) is 53.6 Å². The van der Waals surface area contributed by atoms with E-state index >= 15 is 0 Å². The van der Waals surface area contributed by atoms with Crippen LogP contribution in [-0.4, -0.2) is 12.1 Å². The van der Waals surface area contributed by atoms with Crippen molar-refractivity contribution in [2.75, 3.05) is 5.32 Å². The molecular formula is C33H30Cl4N2O2S. The molecule has 1 heterocycles. The van der Waals surface area contributed by atoms with Crippen LogP contribution in [0.5, 0.6) is 5.75 Å². The summed E-state index contributed by atoms with van der Waals surface area (Å²) in [5.74, 6) is 0.937. The molecule has 0 saturated carbocycles. The van der Waals surface area contributed by atoms with Crippen LogP contribution >= 0.6 is 57.7 Å². The fourth-order valence-corrected chi connectivity index (χ4v) is 7.07. The van der Waals surface area contributed by atoms with E-state index in [-0.39, 0.29) is 17.9 Å². The molecule has 1 amide bonds. The minimum Gasteiger partial charge on any atom is -0.488 e. The third-order valence-electron chi connectivity index (χ3n) is 7.49. The lowest BCUT2D eigenvalue weighted by Crippen LogP contribution is -2.27. The molecule has 9 heteroatoms. The summed E-state index contributed by atoms with van der Waals surface area (Å²) in [6.07, 6.45) is 4.49. The molecule has 4 aromatic rings. The number of hydrogen-bond acceptors (Lipinski definition) is 4. The van der Waals surface area contributed by atoms with E-state index in [1.807, 2.05) is 6.07 Å². The van der Waals surface area contributed by atoms with Gasteiger partial charge in [-0.25, -0.2) is 4.99 Å². The Morgan fingerprint density at radius 1 is 1.00 bits per heavy atom. The van der Waals surface area contributed by atoms with Crippen LogP contribution in [-0.2, 0) is 19.4 Å². The highest BCUT2D eigenvalue weighted by molar-refractivity contribution is 7.16. The van der Waals surface area contributed by atoms with Gasteiger partial charge in [0.2, 0.25) is 0 Å². The number of ether oxygens (including phenoxy) is 1. The maximum atomic E-state index is 13.7. The Morgan fingerprint density at radius 3 is 2.40 bits per heavy atom. The summed E-state index contributed by atoms with van der Waals surface area (Å²) >= 11 is 26.4. The normalized spacial score (nSPS) is 15.1. The summed E-state index contributed by atoms with van der Waals surface area (Å²) in [4.78, 5) is 19.8. The first-order chi connectivity index (χ1) is 20.0. The maximum absolute atomic E-state index is 13.7. The van der Waals surface area contributed by atoms with E-state index in [9.17, 15) is 4.79 Å². The van der Waals surface area contributed by atoms with Crippen molar-refractivity contribution in [3.63, 3.8) is 0 Å². The average molecular weight is 660 g/mol. The fourth-order valence-electron chi connectivity index (χ4n) is 5.04. The first-order valence-electron chi connectivity index (χ1n) is 13.6. The van der Waals surface area contributed by atoms with E-state index in [2.05, 4.69) is 26.1 Å². The van der Waals surface area contributed by atoms with Crippen LogP contribution in [0.1, 0.15) is 59.1 Å². The maximum Gasteiger partial charge on any atom is 0.259 e. The quantitative estimate of drug-likeness (QED) is 0.201. The summed E-state index contributed by atoms with van der Waals surface area (Å²) in [5, 5.41) is 5.94. The van der Waals surface area contributed by atoms with E-state index in [1.54, 1.807) is 72.1 Å². The summed E-state index contributed by atoms with van der Waals surface area (Å²) in [6.45, 7) is 7.08. The number of benzene rings is 3. The molecule has 3 aromatic carbocycles. The van der Waals surface area contributed by atoms with Gasteiger partial charge in [-0.3, -0.25) is 4.79 Å². The van der Waals surface area contributed by atoms with Gasteiger partial charge >= 0.3 is 0 Å². The van der Waals surface area contributed by atoms with E-state index in [1.165, 1.54) is 4.88 Å². The van der Waals surface area contributed by atoms with E-state index in [4.69, 9.17) is 56.1 Å². The molecule has 0 unspecified atom stereocenters. The first-order valence-corrected chi connectivity index (χ1v) is 15.9. The number of aliphatic imine (C=N–C) groups is 1. The van der Waals surface area contributed by atoms with Crippen LogP contribution in [0.3, 0.4) is 0 Å². The number of halogens is 4. The Kier molecular flexibility index (Phi) is 9.56. The Bertz CT molecular complexity index is 1640. The number of rotatable bonds is 7. The van der Waals surface area contributed by atoms with Crippen LogP contribution < -0.4 is 10.1 Å². The molecule has 1 atom stereocenters. The highest BCUT2D eigenvalue weighted by Gasteiger charge is 2.33. The van der Waals surface area contributed by atoms with Gasteiger partial charge in [0.05, 0.1) is 5.56 Å². The molecule has 0 saturated heterocycles. The molecule has 1 N–H and O–H groups in total. The van der Waals surface area contributed by atoms with Crippen LogP contribution in [0.25, 0.3) is 0 Å². The SMILES string of the molecule is CC(C)(C)[C@@H]1CCc2c(sc(N=Cc3cc(Cl)ccc3OCc3ccc(Cl)cc3Cl)c2C(=O)Nc2ccc(Cl)cc2)C1. The molecule has 1 aliphatic rings. The second kappa shape index (κ2) is 13.0. The van der Waals surface area contributed by atoms with Gasteiger partial charge in [-0.15, -0.1) is 11.3 Å². The van der Waals surface area contributed by atoms with Gasteiger partial charge in [-0.2, -0.15) is 0 Å². The van der Waals surface area contributed by atoms with Gasteiger partial charge in [0.1, 0.15) is 17.4 Å². The molecule has 1 aromatic heterocycles. The van der Waals surface area contributed by atoms with Crippen molar-refractivity contribution >= 4 is 80.6 Å². The predicted molar refractivity (Wildman–Crippen MR) is 178 cm³/mol. The minimum absolute atomic E-state index is 0.177. The molecule has 42 heavy (non-hydrogen) atoms. The third kappa shape index (κ3) is 7.32. The summed E-state index contributed by atoms with van der Waals surface area (Å²) in [6, 6.07) is 17.7. The van der Waals surface area contributed by atoms with Gasteiger partial charge in [-0.05, 0) is 90.8 Å². The lowest BCUT2D eigenvalue weighted by atomic mass is 9.72. The number of nitrogens with zero attached hydrogens (tertiary/aromatic N) is 1. The number of carbonyl (C=O) groups is 1. The van der Waals surface area contributed by atoms with Crippen molar-refractivity contribution in [1.82, 2.24) is 0 Å². The van der Waals surface area contributed by atoms with Crippen molar-refractivity contribution in [2.45, 2.75) is 46.6 Å². The zero-order chi connectivity index (χ0) is 30.0. The zero-order valence-electron chi connectivity index (χ0n) is 23.4. The first kappa shape index (κ1) is 30.9. The van der Waals surface area contributed by atoms with Gasteiger partial charge in [0.15, 0.2) is 0 Å². The van der Waals surface area contributed by atoms with Crippen molar-refractivity contribution in [3.8, 4) is 5.75 Å². The summed E-state index contributed by atoms with van der Waals surface area (Å²) in [5.41, 5.74) is 4.05. The standard InChI is InChI=1S/C33H30Cl4N2O2S/c1-33(2,3)21-5-12-26-29(15-21)42-32(30(26)31(40)39-25-10-7-22(34)8-11-25)38-17-20-14-23(35)9-13-28(20)41-18-19-4-6-24(36)16-27(19)37/h4,6-11,13-14,16-17,21H,5,12,15,18H2,1-3H3,(H,39,40)/t21-/m1/s1. The Hall–Kier alpha value is -2.54. The van der Waals surface area contributed by atoms with E-state index in [0.717, 1.165) is 30.4 Å². The topological polar surface area (TPSA) is 50.7 Å². The molecule has 4 nitrogen and oxygen atoms in total. The van der Waals surface area contributed by atoms with Crippen molar-refractivity contribution in [2.24, 2.45) is 16.3 Å². The molecule has 0 spiro atoms. The monoisotopic (exact) mass is 658 g/mol. The second-order valence-corrected chi connectivity index (χ2v) is 14.2. The van der Waals surface area contributed by atoms with Crippen LogP contribution in [0.2, 0.25) is 20.1 Å². The number of hydrogen-bond donors (Lipinski definition) is 1. The molecule has 0 fully saturated rings. The minimum atomic E-state index is -0.184. The van der Waals surface area contributed by atoms with Crippen LogP contribution in [0.15, 0.2) is 65.7 Å². The highest BCUT2D eigenvalue weighted by Crippen LogP contribution is 2.45. The molecule has 5 rings (SSSR count). The Balaban J connectivity index is 1.47. The average Bonchev–Trinajstić information content (AvgIpc) is 3.31. The highest BCUT2D eigenvalue weighted by atomic mass is 35.5. The van der Waals surface area contributed by atoms with Gasteiger partial charge in [0.25, 0.3) is 5.91 Å². The lowest BCUT2D eigenvalue weighted by molar-refractivity contribution is 0.102. The number of amides is 1. The summed E-state index contributed by atoms with van der Waals surface area (Å²) in [7, 11) is 0. The lowest BCUT2D eigenvalue weighted by Gasteiger charge is -2.33. The molecule has 1 aliphatic carbocycles. The molecular weight excluding hydrogens is 630 g/mol. The molecule has 218 valence electrons. The van der Waals surface area contributed by atoms with Gasteiger partial charge in [-0.1, -0.05) is 73.2 Å². The van der Waals surface area contributed by atoms with Gasteiger partial charge < -0.3 is 10.1 Å². The van der Waals surface area contributed by atoms with Gasteiger partial charge in [0, 0.05) is 48.0 Å². The fraction of sp³-hybridized carbons (Fsp3) is 0.273. The molecule has 0 radical (unpaired) electrons. The Labute approximate surface area is 270 Å². The van der Waals surface area contributed by atoms with Crippen LogP contribution in [0.4, 0.5) is 10.7 Å². The van der Waals surface area contributed by atoms with Crippen LogP contribution in [0, 0.1) is 11.3 Å². The third-order valence-corrected chi connectivity index (χ3v) is 9.73. The van der Waals surface area contributed by atoms with Crippen molar-refractivity contribution in [3.05, 3.63) is 108 Å². The molecule has 0 bridgehead atoms. The smallest absolute Gasteiger partial charge is 0.259 e. The molecule has 0 aliphatic heterocycles.